The summed E-state index contributed by atoms with van der Waals surface area (Å²) in [5.41, 5.74) is 4.74. The molecule has 9 heteroatoms. The van der Waals surface area contributed by atoms with Gasteiger partial charge in [-0.1, -0.05) is 0 Å². The van der Waals surface area contributed by atoms with Crippen LogP contribution in [0.15, 0.2) is 42.9 Å². The molecule has 0 unspecified atom stereocenters. The van der Waals surface area contributed by atoms with E-state index in [1.807, 2.05) is 31.4 Å². The van der Waals surface area contributed by atoms with Gasteiger partial charge in [-0.15, -0.1) is 0 Å². The number of benzene rings is 1. The van der Waals surface area contributed by atoms with Crippen molar-refractivity contribution in [3.05, 3.63) is 59.5 Å². The maximum atomic E-state index is 12.0. The third kappa shape index (κ3) is 5.04. The molecule has 0 spiro atoms. The highest BCUT2D eigenvalue weighted by Gasteiger charge is 2.10. The van der Waals surface area contributed by atoms with Gasteiger partial charge in [0, 0.05) is 37.3 Å². The van der Waals surface area contributed by atoms with E-state index in [2.05, 4.69) is 30.7 Å². The molecule has 1 amide bonds. The van der Waals surface area contributed by atoms with Crippen LogP contribution in [0.2, 0.25) is 0 Å². The van der Waals surface area contributed by atoms with Gasteiger partial charge in [-0.05, 0) is 42.2 Å². The van der Waals surface area contributed by atoms with Crippen LogP contribution in [0.3, 0.4) is 0 Å². The van der Waals surface area contributed by atoms with E-state index < -0.39 is 0 Å². The molecule has 0 aliphatic rings. The second-order valence-electron chi connectivity index (χ2n) is 6.12. The fourth-order valence-corrected chi connectivity index (χ4v) is 2.64. The monoisotopic (exact) mass is 382 g/mol. The van der Waals surface area contributed by atoms with Crippen molar-refractivity contribution in [1.82, 2.24) is 25.2 Å². The number of aryl methyl sites for hydroxylation is 3. The molecule has 0 aliphatic heterocycles. The minimum Gasteiger partial charge on any atom is -0.497 e. The molecule has 0 aliphatic carbocycles. The Balaban J connectivity index is 1.64. The summed E-state index contributed by atoms with van der Waals surface area (Å²) in [6.07, 6.45) is 6.82. The molecule has 2 N–H and O–H groups in total. The Morgan fingerprint density at radius 2 is 1.86 bits per heavy atom. The number of hydroxylamine groups is 1. The number of hydrogen-bond acceptors (Lipinski definition) is 7. The van der Waals surface area contributed by atoms with Crippen molar-refractivity contribution in [2.75, 3.05) is 19.5 Å². The lowest BCUT2D eigenvalue weighted by molar-refractivity contribution is 0.0537. The maximum absolute atomic E-state index is 12.0. The van der Waals surface area contributed by atoms with Crippen molar-refractivity contribution in [1.29, 1.82) is 0 Å². The van der Waals surface area contributed by atoms with Crippen LogP contribution in [-0.2, 0) is 24.7 Å². The fourth-order valence-electron chi connectivity index (χ4n) is 2.64. The molecule has 0 saturated carbocycles. The highest BCUT2D eigenvalue weighted by molar-refractivity contribution is 5.94. The van der Waals surface area contributed by atoms with Crippen LogP contribution in [0.25, 0.3) is 0 Å². The average molecular weight is 382 g/mol. The van der Waals surface area contributed by atoms with Gasteiger partial charge in [-0.2, -0.15) is 5.10 Å². The van der Waals surface area contributed by atoms with E-state index in [9.17, 15) is 4.79 Å². The molecule has 3 rings (SSSR count). The van der Waals surface area contributed by atoms with Gasteiger partial charge in [0.15, 0.2) is 5.82 Å². The minimum absolute atomic E-state index is 0.323. The molecule has 28 heavy (non-hydrogen) atoms. The fraction of sp³-hybridized carbons (Fsp3) is 0.263. The Hall–Kier alpha value is -3.46. The first-order chi connectivity index (χ1) is 13.6. The van der Waals surface area contributed by atoms with Gasteiger partial charge in [-0.3, -0.25) is 14.3 Å². The molecule has 1 aromatic carbocycles. The number of methoxy groups -OCH3 is 1. The predicted octanol–water partition coefficient (Wildman–Crippen LogP) is 2.04. The van der Waals surface area contributed by atoms with Crippen LogP contribution < -0.4 is 15.5 Å². The Morgan fingerprint density at radius 1 is 1.11 bits per heavy atom. The van der Waals surface area contributed by atoms with Crippen molar-refractivity contribution in [2.24, 2.45) is 7.05 Å². The Labute approximate surface area is 162 Å². The number of anilines is 2. The molecule has 0 saturated heterocycles. The summed E-state index contributed by atoms with van der Waals surface area (Å²) in [6, 6.07) is 7.23. The van der Waals surface area contributed by atoms with E-state index in [0.29, 0.717) is 29.5 Å². The number of amides is 1. The van der Waals surface area contributed by atoms with Crippen LogP contribution >= 0.6 is 0 Å². The van der Waals surface area contributed by atoms with Crippen LogP contribution in [0, 0.1) is 0 Å². The second kappa shape index (κ2) is 8.96. The number of carbonyl (C=O) groups is 1. The smallest absolute Gasteiger partial charge is 0.274 e. The first kappa shape index (κ1) is 19.3. The standard InChI is InChI=1S/C19H22N6O3/c1-25-7-6-17(23-25)22-19-20-11-14(12-21-19)5-4-13-8-15(18(26)24-28-3)10-16(9-13)27-2/h6-12H,4-5H2,1-3H3,(H,24,26)(H,20,21,22,23). The van der Waals surface area contributed by atoms with Crippen molar-refractivity contribution in [3.63, 3.8) is 0 Å². The highest BCUT2D eigenvalue weighted by atomic mass is 16.6. The molecular weight excluding hydrogens is 360 g/mol. The summed E-state index contributed by atoms with van der Waals surface area (Å²) in [5.74, 6) is 1.47. The molecular formula is C19H22N6O3. The summed E-state index contributed by atoms with van der Waals surface area (Å²) < 4.78 is 6.99. The Bertz CT molecular complexity index is 939. The van der Waals surface area contributed by atoms with Gasteiger partial charge in [0.05, 0.1) is 14.2 Å². The molecule has 146 valence electrons. The van der Waals surface area contributed by atoms with Gasteiger partial charge < -0.3 is 10.1 Å². The van der Waals surface area contributed by atoms with Crippen molar-refractivity contribution in [3.8, 4) is 5.75 Å². The SMILES string of the molecule is CONC(=O)c1cc(CCc2cnc(Nc3ccn(C)n3)nc2)cc(OC)c1. The quantitative estimate of drug-likeness (QED) is 0.575. The normalized spacial score (nSPS) is 10.5. The minimum atomic E-state index is -0.323. The Kier molecular flexibility index (Phi) is 6.18. The molecule has 0 radical (unpaired) electrons. The number of aromatic nitrogens is 4. The topological polar surface area (TPSA) is 103 Å². The predicted molar refractivity (Wildman–Crippen MR) is 103 cm³/mol. The summed E-state index contributed by atoms with van der Waals surface area (Å²) >= 11 is 0. The van der Waals surface area contributed by atoms with Crippen LogP contribution in [0.5, 0.6) is 5.75 Å². The van der Waals surface area contributed by atoms with E-state index in [4.69, 9.17) is 4.74 Å². The number of hydrogen-bond donors (Lipinski definition) is 2. The zero-order valence-electron chi connectivity index (χ0n) is 16.0. The first-order valence-electron chi connectivity index (χ1n) is 8.66. The lowest BCUT2D eigenvalue weighted by Crippen LogP contribution is -2.22. The van der Waals surface area contributed by atoms with Crippen LogP contribution in [0.4, 0.5) is 11.8 Å². The molecule has 2 aromatic heterocycles. The summed E-state index contributed by atoms with van der Waals surface area (Å²) in [4.78, 5) is 25.3. The third-order valence-corrected chi connectivity index (χ3v) is 4.02. The van der Waals surface area contributed by atoms with E-state index in [1.54, 1.807) is 30.3 Å². The lowest BCUT2D eigenvalue weighted by atomic mass is 10.0. The Morgan fingerprint density at radius 3 is 2.50 bits per heavy atom. The van der Waals surface area contributed by atoms with Gasteiger partial charge >= 0.3 is 0 Å². The summed E-state index contributed by atoms with van der Waals surface area (Å²) in [7, 11) is 4.81. The van der Waals surface area contributed by atoms with Crippen LogP contribution in [0.1, 0.15) is 21.5 Å². The van der Waals surface area contributed by atoms with E-state index in [1.165, 1.54) is 7.11 Å². The van der Waals surface area contributed by atoms with Crippen molar-refractivity contribution < 1.29 is 14.4 Å². The maximum Gasteiger partial charge on any atom is 0.274 e. The van der Waals surface area contributed by atoms with E-state index >= 15 is 0 Å². The molecule has 0 atom stereocenters. The number of nitrogens with one attached hydrogen (secondary N) is 2. The highest BCUT2D eigenvalue weighted by Crippen LogP contribution is 2.19. The van der Waals surface area contributed by atoms with Gasteiger partial charge in [-0.25, -0.2) is 15.4 Å². The van der Waals surface area contributed by atoms with E-state index in [-0.39, 0.29) is 5.91 Å². The van der Waals surface area contributed by atoms with Gasteiger partial charge in [0.25, 0.3) is 5.91 Å². The van der Waals surface area contributed by atoms with Crippen molar-refractivity contribution in [2.45, 2.75) is 12.8 Å². The third-order valence-electron chi connectivity index (χ3n) is 4.02. The zero-order valence-corrected chi connectivity index (χ0v) is 16.0. The first-order valence-corrected chi connectivity index (χ1v) is 8.66. The van der Waals surface area contributed by atoms with E-state index in [0.717, 1.165) is 17.5 Å². The molecule has 2 heterocycles. The number of carbonyl (C=O) groups excluding carboxylic acids is 1. The molecule has 0 fully saturated rings. The largest absolute Gasteiger partial charge is 0.497 e. The molecule has 0 bridgehead atoms. The number of nitrogens with zero attached hydrogens (tertiary/aromatic N) is 4. The average Bonchev–Trinajstić information content (AvgIpc) is 3.12. The van der Waals surface area contributed by atoms with Crippen molar-refractivity contribution >= 4 is 17.7 Å². The zero-order chi connectivity index (χ0) is 19.9. The summed E-state index contributed by atoms with van der Waals surface area (Å²) in [5, 5.41) is 7.27. The number of rotatable bonds is 8. The molecule has 3 aromatic rings. The van der Waals surface area contributed by atoms with Crippen LogP contribution in [-0.4, -0.2) is 39.9 Å². The number of ether oxygens (including phenoxy) is 1. The summed E-state index contributed by atoms with van der Waals surface area (Å²) in [6.45, 7) is 0. The van der Waals surface area contributed by atoms with Gasteiger partial charge in [0.1, 0.15) is 5.75 Å². The second-order valence-corrected chi connectivity index (χ2v) is 6.12. The van der Waals surface area contributed by atoms with Gasteiger partial charge in [0.2, 0.25) is 5.95 Å². The lowest BCUT2D eigenvalue weighted by Gasteiger charge is -2.09. The molecule has 9 nitrogen and oxygen atoms in total.